The second kappa shape index (κ2) is 9.25. The van der Waals surface area contributed by atoms with Gasteiger partial charge in [0.25, 0.3) is 11.8 Å². The predicted molar refractivity (Wildman–Crippen MR) is 104 cm³/mol. The third kappa shape index (κ3) is 5.49. The van der Waals surface area contributed by atoms with Gasteiger partial charge in [-0.3, -0.25) is 9.59 Å². The number of halogens is 1. The standard InChI is InChI=1S/C20H23ClN2O3/c1-4-9-22-20(25)16-8-7-15(11-17(16)21)23-19(24)12-26-18-10-13(2)5-6-14(18)3/h5-8,10-11H,4,9,12H2,1-3H3,(H,22,25)(H,23,24). The summed E-state index contributed by atoms with van der Waals surface area (Å²) in [6, 6.07) is 10.6. The van der Waals surface area contributed by atoms with Crippen molar-refractivity contribution < 1.29 is 14.3 Å². The molecule has 2 rings (SSSR count). The normalized spacial score (nSPS) is 10.3. The van der Waals surface area contributed by atoms with Gasteiger partial charge in [0, 0.05) is 12.2 Å². The molecule has 0 atom stereocenters. The van der Waals surface area contributed by atoms with Gasteiger partial charge in [-0.05, 0) is 55.7 Å². The van der Waals surface area contributed by atoms with Crippen LogP contribution in [0.2, 0.25) is 5.02 Å². The fourth-order valence-corrected chi connectivity index (χ4v) is 2.58. The molecule has 2 amide bonds. The predicted octanol–water partition coefficient (Wildman–Crippen LogP) is 4.11. The van der Waals surface area contributed by atoms with Crippen LogP contribution < -0.4 is 15.4 Å². The molecule has 6 heteroatoms. The minimum atomic E-state index is -0.301. The quantitative estimate of drug-likeness (QED) is 0.766. The van der Waals surface area contributed by atoms with Crippen molar-refractivity contribution in [1.82, 2.24) is 5.32 Å². The largest absolute Gasteiger partial charge is 0.483 e. The van der Waals surface area contributed by atoms with Gasteiger partial charge in [-0.2, -0.15) is 0 Å². The van der Waals surface area contributed by atoms with Crippen LogP contribution in [0.5, 0.6) is 5.75 Å². The SMILES string of the molecule is CCCNC(=O)c1ccc(NC(=O)COc2cc(C)ccc2C)cc1Cl. The molecule has 0 fully saturated rings. The lowest BCUT2D eigenvalue weighted by Crippen LogP contribution is -2.24. The Kier molecular flexibility index (Phi) is 7.04. The number of hydrogen-bond donors (Lipinski definition) is 2. The lowest BCUT2D eigenvalue weighted by Gasteiger charge is -2.11. The van der Waals surface area contributed by atoms with E-state index in [1.165, 1.54) is 0 Å². The lowest BCUT2D eigenvalue weighted by atomic mass is 10.1. The summed E-state index contributed by atoms with van der Waals surface area (Å²) in [5.74, 6) is 0.152. The Bertz CT molecular complexity index is 806. The summed E-state index contributed by atoms with van der Waals surface area (Å²) in [6.45, 7) is 6.34. The highest BCUT2D eigenvalue weighted by Gasteiger charge is 2.12. The first-order valence-corrected chi connectivity index (χ1v) is 8.86. The van der Waals surface area contributed by atoms with Gasteiger partial charge < -0.3 is 15.4 Å². The number of rotatable bonds is 7. The molecule has 0 aliphatic carbocycles. The Morgan fingerprint density at radius 2 is 1.88 bits per heavy atom. The van der Waals surface area contributed by atoms with Crippen LogP contribution in [0.1, 0.15) is 34.8 Å². The molecule has 0 unspecified atom stereocenters. The fraction of sp³-hybridized carbons (Fsp3) is 0.300. The monoisotopic (exact) mass is 374 g/mol. The molecule has 0 radical (unpaired) electrons. The lowest BCUT2D eigenvalue weighted by molar-refractivity contribution is -0.118. The first-order valence-electron chi connectivity index (χ1n) is 8.48. The van der Waals surface area contributed by atoms with Crippen molar-refractivity contribution >= 4 is 29.1 Å². The van der Waals surface area contributed by atoms with Gasteiger partial charge in [0.15, 0.2) is 6.61 Å². The Balaban J connectivity index is 1.95. The van der Waals surface area contributed by atoms with E-state index < -0.39 is 0 Å². The summed E-state index contributed by atoms with van der Waals surface area (Å²) >= 11 is 6.15. The number of aryl methyl sites for hydroxylation is 2. The van der Waals surface area contributed by atoms with E-state index >= 15 is 0 Å². The minimum absolute atomic E-state index is 0.110. The van der Waals surface area contributed by atoms with Gasteiger partial charge in [0.05, 0.1) is 10.6 Å². The van der Waals surface area contributed by atoms with Gasteiger partial charge in [-0.1, -0.05) is 30.7 Å². The van der Waals surface area contributed by atoms with Crippen LogP contribution >= 0.6 is 11.6 Å². The number of hydrogen-bond acceptors (Lipinski definition) is 3. The van der Waals surface area contributed by atoms with E-state index in [4.69, 9.17) is 16.3 Å². The molecule has 0 aliphatic heterocycles. The Morgan fingerprint density at radius 3 is 2.58 bits per heavy atom. The second-order valence-electron chi connectivity index (χ2n) is 6.06. The molecule has 0 saturated heterocycles. The Labute approximate surface area is 158 Å². The number of carbonyl (C=O) groups excluding carboxylic acids is 2. The highest BCUT2D eigenvalue weighted by atomic mass is 35.5. The van der Waals surface area contributed by atoms with Crippen molar-refractivity contribution in [3.05, 3.63) is 58.1 Å². The molecule has 0 heterocycles. The zero-order valence-electron chi connectivity index (χ0n) is 15.2. The van der Waals surface area contributed by atoms with Crippen molar-refractivity contribution in [3.8, 4) is 5.75 Å². The average molecular weight is 375 g/mol. The summed E-state index contributed by atoms with van der Waals surface area (Å²) in [6.07, 6.45) is 0.845. The zero-order chi connectivity index (χ0) is 19.1. The first-order chi connectivity index (χ1) is 12.4. The van der Waals surface area contributed by atoms with E-state index in [1.54, 1.807) is 18.2 Å². The smallest absolute Gasteiger partial charge is 0.262 e. The highest BCUT2D eigenvalue weighted by molar-refractivity contribution is 6.34. The van der Waals surface area contributed by atoms with Gasteiger partial charge in [-0.25, -0.2) is 0 Å². The molecule has 2 N–H and O–H groups in total. The minimum Gasteiger partial charge on any atom is -0.483 e. The summed E-state index contributed by atoms with van der Waals surface area (Å²) in [4.78, 5) is 24.1. The third-order valence-electron chi connectivity index (χ3n) is 3.74. The van der Waals surface area contributed by atoms with Crippen molar-refractivity contribution in [3.63, 3.8) is 0 Å². The summed E-state index contributed by atoms with van der Waals surface area (Å²) < 4.78 is 5.58. The van der Waals surface area contributed by atoms with E-state index in [0.717, 1.165) is 17.5 Å². The van der Waals surface area contributed by atoms with Gasteiger partial charge in [0.1, 0.15) is 5.75 Å². The molecule has 0 aromatic heterocycles. The molecule has 2 aromatic rings. The molecule has 138 valence electrons. The second-order valence-corrected chi connectivity index (χ2v) is 6.46. The third-order valence-corrected chi connectivity index (χ3v) is 4.05. The van der Waals surface area contributed by atoms with Crippen molar-refractivity contribution in [1.29, 1.82) is 0 Å². The van der Waals surface area contributed by atoms with Crippen LogP contribution in [-0.2, 0) is 4.79 Å². The van der Waals surface area contributed by atoms with E-state index in [-0.39, 0.29) is 23.4 Å². The number of anilines is 1. The zero-order valence-corrected chi connectivity index (χ0v) is 15.9. The van der Waals surface area contributed by atoms with Gasteiger partial charge in [0.2, 0.25) is 0 Å². The number of ether oxygens (including phenoxy) is 1. The Morgan fingerprint density at radius 1 is 1.12 bits per heavy atom. The Hall–Kier alpha value is -2.53. The van der Waals surface area contributed by atoms with Crippen LogP contribution in [0.15, 0.2) is 36.4 Å². The summed E-state index contributed by atoms with van der Waals surface area (Å²) in [5, 5.41) is 5.77. The molecule has 0 spiro atoms. The average Bonchev–Trinajstić information content (AvgIpc) is 2.60. The van der Waals surface area contributed by atoms with Crippen LogP contribution in [0, 0.1) is 13.8 Å². The van der Waals surface area contributed by atoms with Gasteiger partial charge in [-0.15, -0.1) is 0 Å². The topological polar surface area (TPSA) is 67.4 Å². The van der Waals surface area contributed by atoms with E-state index in [0.29, 0.717) is 23.5 Å². The number of nitrogens with one attached hydrogen (secondary N) is 2. The summed E-state index contributed by atoms with van der Waals surface area (Å²) in [7, 11) is 0. The molecule has 0 aliphatic rings. The molecular formula is C20H23ClN2O3. The van der Waals surface area contributed by atoms with Crippen molar-refractivity contribution in [2.45, 2.75) is 27.2 Å². The maximum Gasteiger partial charge on any atom is 0.262 e. The van der Waals surface area contributed by atoms with Crippen LogP contribution in [0.25, 0.3) is 0 Å². The van der Waals surface area contributed by atoms with Gasteiger partial charge >= 0.3 is 0 Å². The number of carbonyl (C=O) groups is 2. The molecule has 26 heavy (non-hydrogen) atoms. The van der Waals surface area contributed by atoms with E-state index in [2.05, 4.69) is 10.6 Å². The number of benzene rings is 2. The molecular weight excluding hydrogens is 352 g/mol. The van der Waals surface area contributed by atoms with Crippen molar-refractivity contribution in [2.24, 2.45) is 0 Å². The van der Waals surface area contributed by atoms with Crippen LogP contribution in [0.4, 0.5) is 5.69 Å². The maximum absolute atomic E-state index is 12.1. The molecule has 0 saturated carbocycles. The van der Waals surface area contributed by atoms with Crippen LogP contribution in [-0.4, -0.2) is 25.0 Å². The highest BCUT2D eigenvalue weighted by Crippen LogP contribution is 2.22. The molecule has 0 bridgehead atoms. The maximum atomic E-state index is 12.1. The van der Waals surface area contributed by atoms with E-state index in [1.807, 2.05) is 39.0 Å². The van der Waals surface area contributed by atoms with Crippen LogP contribution in [0.3, 0.4) is 0 Å². The summed E-state index contributed by atoms with van der Waals surface area (Å²) in [5.41, 5.74) is 2.92. The number of amides is 2. The molecule has 5 nitrogen and oxygen atoms in total. The van der Waals surface area contributed by atoms with E-state index in [9.17, 15) is 9.59 Å². The van der Waals surface area contributed by atoms with Crippen molar-refractivity contribution in [2.75, 3.05) is 18.5 Å². The molecule has 2 aromatic carbocycles. The fourth-order valence-electron chi connectivity index (χ4n) is 2.31. The first kappa shape index (κ1) is 19.8.